The van der Waals surface area contributed by atoms with Crippen LogP contribution in [0.15, 0.2) is 36.4 Å². The molecule has 1 amide bonds. The molecule has 0 radical (unpaired) electrons. The number of hydrogen-bond acceptors (Lipinski definition) is 3. The van der Waals surface area contributed by atoms with Crippen molar-refractivity contribution in [2.24, 2.45) is 0 Å². The number of carbonyl (C=O) groups is 1. The van der Waals surface area contributed by atoms with Gasteiger partial charge in [-0.1, -0.05) is 18.6 Å². The van der Waals surface area contributed by atoms with Crippen LogP contribution in [0.4, 0.5) is 0 Å². The van der Waals surface area contributed by atoms with Gasteiger partial charge in [0.2, 0.25) is 0 Å². The van der Waals surface area contributed by atoms with Crippen molar-refractivity contribution >= 4 is 16.7 Å². The lowest BCUT2D eigenvalue weighted by Crippen LogP contribution is -2.38. The Kier molecular flexibility index (Phi) is 6.16. The molecular formula is C24H32N2O2. The van der Waals surface area contributed by atoms with E-state index >= 15 is 0 Å². The number of benzene rings is 2. The Balaban J connectivity index is 1.32. The van der Waals surface area contributed by atoms with Crippen LogP contribution in [0.25, 0.3) is 10.8 Å². The molecule has 28 heavy (non-hydrogen) atoms. The number of likely N-dealkylation sites (tertiary alicyclic amines) is 2. The molecule has 0 aromatic heterocycles. The minimum absolute atomic E-state index is 0.159. The zero-order valence-electron chi connectivity index (χ0n) is 17.0. The van der Waals surface area contributed by atoms with Crippen LogP contribution in [0, 0.1) is 0 Å². The summed E-state index contributed by atoms with van der Waals surface area (Å²) in [5, 5.41) is 2.22. The van der Waals surface area contributed by atoms with Gasteiger partial charge in [-0.05, 0) is 80.6 Å². The first-order chi connectivity index (χ1) is 13.7. The molecule has 2 heterocycles. The van der Waals surface area contributed by atoms with Crippen molar-refractivity contribution in [2.45, 2.75) is 51.5 Å². The van der Waals surface area contributed by atoms with Crippen LogP contribution in [0.3, 0.4) is 0 Å². The molecule has 2 fully saturated rings. The smallest absolute Gasteiger partial charge is 0.253 e. The molecule has 0 aliphatic carbocycles. The Hall–Kier alpha value is -2.07. The van der Waals surface area contributed by atoms with Crippen LogP contribution in [0.5, 0.6) is 5.75 Å². The number of rotatable bonds is 6. The molecule has 4 nitrogen and oxygen atoms in total. The number of fused-ring (bicyclic) bond motifs is 1. The van der Waals surface area contributed by atoms with Gasteiger partial charge >= 0.3 is 0 Å². The largest absolute Gasteiger partial charge is 0.494 e. The maximum Gasteiger partial charge on any atom is 0.253 e. The average Bonchev–Trinajstić information content (AvgIpc) is 3.26. The van der Waals surface area contributed by atoms with Crippen molar-refractivity contribution in [3.8, 4) is 5.75 Å². The topological polar surface area (TPSA) is 32.8 Å². The molecule has 1 atom stereocenters. The standard InChI is InChI=1S/C24H32N2O2/c1-19-7-2-3-12-25(19)15-6-16-28-23-11-10-20-17-22(9-8-21(20)18-23)24(27)26-13-4-5-14-26/h8-11,17-19H,2-7,12-16H2,1H3. The third-order valence-electron chi connectivity index (χ3n) is 6.25. The highest BCUT2D eigenvalue weighted by molar-refractivity contribution is 5.98. The second kappa shape index (κ2) is 8.95. The second-order valence-corrected chi connectivity index (χ2v) is 8.31. The predicted octanol–water partition coefficient (Wildman–Crippen LogP) is 4.72. The van der Waals surface area contributed by atoms with Crippen LogP contribution in [0.1, 0.15) is 55.8 Å². The Morgan fingerprint density at radius 1 is 1.00 bits per heavy atom. The van der Waals surface area contributed by atoms with Crippen molar-refractivity contribution < 1.29 is 9.53 Å². The van der Waals surface area contributed by atoms with Crippen molar-refractivity contribution in [1.29, 1.82) is 0 Å². The first kappa shape index (κ1) is 19.3. The van der Waals surface area contributed by atoms with E-state index in [9.17, 15) is 4.79 Å². The summed E-state index contributed by atoms with van der Waals surface area (Å²) in [5.74, 6) is 1.07. The molecule has 2 aromatic rings. The van der Waals surface area contributed by atoms with E-state index in [1.807, 2.05) is 29.2 Å². The maximum atomic E-state index is 12.6. The number of amides is 1. The van der Waals surface area contributed by atoms with Crippen LogP contribution in [-0.2, 0) is 0 Å². The predicted molar refractivity (Wildman–Crippen MR) is 114 cm³/mol. The third-order valence-corrected chi connectivity index (χ3v) is 6.25. The normalized spacial score (nSPS) is 20.6. The number of nitrogens with zero attached hydrogens (tertiary/aromatic N) is 2. The molecule has 4 heteroatoms. The van der Waals surface area contributed by atoms with E-state index in [1.54, 1.807) is 0 Å². The minimum Gasteiger partial charge on any atom is -0.494 e. The zero-order chi connectivity index (χ0) is 19.3. The highest BCUT2D eigenvalue weighted by Crippen LogP contribution is 2.24. The van der Waals surface area contributed by atoms with Gasteiger partial charge < -0.3 is 14.5 Å². The molecule has 0 spiro atoms. The number of hydrogen-bond donors (Lipinski definition) is 0. The molecule has 0 bridgehead atoms. The lowest BCUT2D eigenvalue weighted by molar-refractivity contribution is 0.0793. The highest BCUT2D eigenvalue weighted by Gasteiger charge is 2.19. The van der Waals surface area contributed by atoms with E-state index in [4.69, 9.17) is 4.74 Å². The molecular weight excluding hydrogens is 348 g/mol. The summed E-state index contributed by atoms with van der Waals surface area (Å²) < 4.78 is 6.00. The Bertz CT molecular complexity index is 813. The second-order valence-electron chi connectivity index (χ2n) is 8.31. The van der Waals surface area contributed by atoms with Gasteiger partial charge in [0.15, 0.2) is 0 Å². The molecule has 1 unspecified atom stereocenters. The van der Waals surface area contributed by atoms with E-state index in [0.29, 0.717) is 6.04 Å². The summed E-state index contributed by atoms with van der Waals surface area (Å²) in [7, 11) is 0. The van der Waals surface area contributed by atoms with Gasteiger partial charge in [0.25, 0.3) is 5.91 Å². The Labute approximate surface area is 168 Å². The summed E-state index contributed by atoms with van der Waals surface area (Å²) in [4.78, 5) is 17.1. The van der Waals surface area contributed by atoms with Gasteiger partial charge in [-0.2, -0.15) is 0 Å². The molecule has 2 aromatic carbocycles. The first-order valence-corrected chi connectivity index (χ1v) is 10.9. The van der Waals surface area contributed by atoms with Crippen molar-refractivity contribution in [2.75, 3.05) is 32.8 Å². The Morgan fingerprint density at radius 2 is 1.75 bits per heavy atom. The lowest BCUT2D eigenvalue weighted by atomic mass is 10.0. The summed E-state index contributed by atoms with van der Waals surface area (Å²) >= 11 is 0. The highest BCUT2D eigenvalue weighted by atomic mass is 16.5. The van der Waals surface area contributed by atoms with Gasteiger partial charge in [0.05, 0.1) is 6.61 Å². The first-order valence-electron chi connectivity index (χ1n) is 10.9. The quantitative estimate of drug-likeness (QED) is 0.680. The fraction of sp³-hybridized carbons (Fsp3) is 0.542. The number of carbonyl (C=O) groups excluding carboxylic acids is 1. The lowest BCUT2D eigenvalue weighted by Gasteiger charge is -2.33. The number of piperidine rings is 1. The Morgan fingerprint density at radius 3 is 2.57 bits per heavy atom. The summed E-state index contributed by atoms with van der Waals surface area (Å²) in [6.45, 7) is 7.22. The number of ether oxygens (including phenoxy) is 1. The van der Waals surface area contributed by atoms with Crippen LogP contribution in [-0.4, -0.2) is 54.5 Å². The van der Waals surface area contributed by atoms with Crippen molar-refractivity contribution in [1.82, 2.24) is 9.80 Å². The molecule has 2 aliphatic rings. The maximum absolute atomic E-state index is 12.6. The summed E-state index contributed by atoms with van der Waals surface area (Å²) in [5.41, 5.74) is 0.790. The fourth-order valence-electron chi connectivity index (χ4n) is 4.50. The molecule has 4 rings (SSSR count). The van der Waals surface area contributed by atoms with Crippen molar-refractivity contribution in [3.63, 3.8) is 0 Å². The van der Waals surface area contributed by atoms with Gasteiger partial charge in [0.1, 0.15) is 5.75 Å². The van der Waals surface area contributed by atoms with Crippen LogP contribution < -0.4 is 4.74 Å². The third kappa shape index (κ3) is 4.49. The SMILES string of the molecule is CC1CCCCN1CCCOc1ccc2cc(C(=O)N3CCCC3)ccc2c1. The minimum atomic E-state index is 0.159. The van der Waals surface area contributed by atoms with E-state index in [-0.39, 0.29) is 5.91 Å². The monoisotopic (exact) mass is 380 g/mol. The van der Waals surface area contributed by atoms with Gasteiger partial charge in [-0.15, -0.1) is 0 Å². The van der Waals surface area contributed by atoms with Crippen LogP contribution in [0.2, 0.25) is 0 Å². The van der Waals surface area contributed by atoms with Gasteiger partial charge in [0, 0.05) is 31.2 Å². The molecule has 2 saturated heterocycles. The molecule has 150 valence electrons. The van der Waals surface area contributed by atoms with Gasteiger partial charge in [-0.3, -0.25) is 4.79 Å². The fourth-order valence-corrected chi connectivity index (χ4v) is 4.50. The molecule has 0 N–H and O–H groups in total. The van der Waals surface area contributed by atoms with E-state index in [2.05, 4.69) is 24.0 Å². The van der Waals surface area contributed by atoms with Crippen molar-refractivity contribution in [3.05, 3.63) is 42.0 Å². The summed E-state index contributed by atoms with van der Waals surface area (Å²) in [6, 6.07) is 12.9. The zero-order valence-corrected chi connectivity index (χ0v) is 17.0. The molecule has 2 aliphatic heterocycles. The average molecular weight is 381 g/mol. The van der Waals surface area contributed by atoms with Gasteiger partial charge in [-0.25, -0.2) is 0 Å². The van der Waals surface area contributed by atoms with Crippen LogP contribution >= 0.6 is 0 Å². The molecule has 0 saturated carbocycles. The van der Waals surface area contributed by atoms with E-state index < -0.39 is 0 Å². The van der Waals surface area contributed by atoms with E-state index in [0.717, 1.165) is 67.6 Å². The van der Waals surface area contributed by atoms with E-state index in [1.165, 1.54) is 25.8 Å². The summed E-state index contributed by atoms with van der Waals surface area (Å²) in [6.07, 6.45) is 7.33.